The highest BCUT2D eigenvalue weighted by Crippen LogP contribution is 2.50. The molecular weight excluding hydrogens is 693 g/mol. The van der Waals surface area contributed by atoms with E-state index in [1.54, 1.807) is 19.3 Å². The Morgan fingerprint density at radius 3 is 2.42 bits per heavy atom. The zero-order valence-electron chi connectivity index (χ0n) is 27.3. The first kappa shape index (κ1) is 32.5. The molecule has 6 aromatic rings. The monoisotopic (exact) mass is 725 g/mol. The van der Waals surface area contributed by atoms with Crippen LogP contribution in [0.4, 0.5) is 11.5 Å². The third kappa shape index (κ3) is 5.64. The van der Waals surface area contributed by atoms with E-state index in [9.17, 15) is 13.2 Å². The van der Waals surface area contributed by atoms with Crippen molar-refractivity contribution in [3.05, 3.63) is 118 Å². The van der Waals surface area contributed by atoms with Gasteiger partial charge in [-0.3, -0.25) is 4.79 Å². The Balaban J connectivity index is 1.22. The Morgan fingerprint density at radius 2 is 1.70 bits per heavy atom. The second-order valence-electron chi connectivity index (χ2n) is 12.8. The van der Waals surface area contributed by atoms with E-state index >= 15 is 0 Å². The molecule has 2 N–H and O–H groups in total. The number of pyridine rings is 1. The number of amides is 1. The maximum atomic E-state index is 14.5. The summed E-state index contributed by atoms with van der Waals surface area (Å²) < 4.78 is 27.8. The number of carbonyl (C=O) groups excluding carboxylic acids is 1. The molecule has 2 aliphatic rings. The van der Waals surface area contributed by atoms with Crippen LogP contribution in [0.1, 0.15) is 40.5 Å². The minimum Gasteiger partial charge on any atom is -0.355 e. The van der Waals surface area contributed by atoms with Crippen LogP contribution in [0, 0.1) is 0 Å². The van der Waals surface area contributed by atoms with Crippen molar-refractivity contribution >= 4 is 61.5 Å². The Bertz CT molecular complexity index is 2370. The number of carbonyl (C=O) groups is 1. The molecule has 13 heteroatoms. The number of halogens is 2. The predicted octanol–water partition coefficient (Wildman–Crippen LogP) is 7.46. The van der Waals surface area contributed by atoms with Crippen molar-refractivity contribution in [3.8, 4) is 22.5 Å². The number of hydrogen-bond donors (Lipinski definition) is 2. The lowest BCUT2D eigenvalue weighted by molar-refractivity contribution is 0.102. The van der Waals surface area contributed by atoms with E-state index in [4.69, 9.17) is 28.2 Å². The molecule has 1 saturated heterocycles. The summed E-state index contributed by atoms with van der Waals surface area (Å²) in [6.45, 7) is 1.19. The van der Waals surface area contributed by atoms with E-state index in [1.165, 1.54) is 10.6 Å². The van der Waals surface area contributed by atoms with Crippen LogP contribution in [0.5, 0.6) is 0 Å². The van der Waals surface area contributed by atoms with E-state index in [0.717, 1.165) is 44.5 Å². The van der Waals surface area contributed by atoms with Gasteiger partial charge in [0.05, 0.1) is 35.7 Å². The number of hydrogen-bond acceptors (Lipinski definition) is 6. The molecule has 0 radical (unpaired) electrons. The predicted molar refractivity (Wildman–Crippen MR) is 199 cm³/mol. The molecule has 2 aliphatic heterocycles. The van der Waals surface area contributed by atoms with Crippen LogP contribution in [0.3, 0.4) is 0 Å². The number of sulfonamides is 1. The van der Waals surface area contributed by atoms with Gasteiger partial charge in [-0.15, -0.1) is 0 Å². The first-order chi connectivity index (χ1) is 24.1. The molecule has 1 amide bonds. The van der Waals surface area contributed by atoms with E-state index in [2.05, 4.69) is 24.8 Å². The van der Waals surface area contributed by atoms with Crippen LogP contribution in [0.25, 0.3) is 33.4 Å². The standard InChI is InChI=1S/C37H33Cl2N7O3S/c1-44(50(2,48)49)26-14-17-45(18-15-26)36-28(9-6-16-40-36)43-37(47)33-31-30-27(19-25(39)20-29(30)42-33)34(23-10-12-24(38)13-11-23)46-21-41-32(35(31)46)22-7-4-3-5-8-22/h3-13,16,19-21,26,34,42H,14-15,17-18H2,1-2H3,(H,43,47). The lowest BCUT2D eigenvalue weighted by Gasteiger charge is -2.36. The summed E-state index contributed by atoms with van der Waals surface area (Å²) in [5.74, 6) is 0.295. The Labute approximate surface area is 299 Å². The second kappa shape index (κ2) is 12.6. The van der Waals surface area contributed by atoms with Crippen molar-refractivity contribution in [2.24, 2.45) is 0 Å². The Hall–Kier alpha value is -4.68. The SMILES string of the molecule is CN(C1CCN(c2ncccc2NC(=O)c2[nH]c3cc(Cl)cc4c3c2-c2c(-c3ccccc3)ncn2C4c2ccc(Cl)cc2)CC1)S(C)(=O)=O. The Morgan fingerprint density at radius 1 is 0.960 bits per heavy atom. The number of nitrogens with zero attached hydrogens (tertiary/aromatic N) is 5. The van der Waals surface area contributed by atoms with Crippen LogP contribution < -0.4 is 10.2 Å². The number of imidazole rings is 1. The maximum absolute atomic E-state index is 14.5. The summed E-state index contributed by atoms with van der Waals surface area (Å²) in [5.41, 5.74) is 6.84. The molecule has 0 saturated carbocycles. The van der Waals surface area contributed by atoms with Gasteiger partial charge in [0, 0.05) is 64.5 Å². The fraction of sp³-hybridized carbons (Fsp3) is 0.216. The van der Waals surface area contributed by atoms with Gasteiger partial charge in [-0.25, -0.2) is 22.7 Å². The average molecular weight is 727 g/mol. The number of fused-ring (bicyclic) bond motifs is 2. The highest BCUT2D eigenvalue weighted by atomic mass is 35.5. The highest BCUT2D eigenvalue weighted by Gasteiger charge is 2.36. The summed E-state index contributed by atoms with van der Waals surface area (Å²) in [7, 11) is -1.67. The van der Waals surface area contributed by atoms with Crippen molar-refractivity contribution in [1.29, 1.82) is 0 Å². The van der Waals surface area contributed by atoms with Gasteiger partial charge in [-0.05, 0) is 60.4 Å². The van der Waals surface area contributed by atoms with Gasteiger partial charge in [-0.1, -0.05) is 65.7 Å². The number of piperidine rings is 1. The van der Waals surface area contributed by atoms with E-state index in [1.807, 2.05) is 79.1 Å². The highest BCUT2D eigenvalue weighted by molar-refractivity contribution is 7.88. The van der Waals surface area contributed by atoms with Crippen LogP contribution in [-0.2, 0) is 10.0 Å². The molecule has 8 rings (SSSR count). The summed E-state index contributed by atoms with van der Waals surface area (Å²) in [6.07, 6.45) is 6.04. The number of anilines is 2. The minimum atomic E-state index is -3.30. The molecule has 1 fully saturated rings. The fourth-order valence-corrected chi connectivity index (χ4v) is 8.45. The van der Waals surface area contributed by atoms with Gasteiger partial charge in [0.1, 0.15) is 5.69 Å². The molecule has 254 valence electrons. The van der Waals surface area contributed by atoms with Gasteiger partial charge in [0.25, 0.3) is 5.91 Å². The molecule has 3 aromatic carbocycles. The van der Waals surface area contributed by atoms with Crippen molar-refractivity contribution in [3.63, 3.8) is 0 Å². The van der Waals surface area contributed by atoms with Crippen LogP contribution in [0.2, 0.25) is 10.0 Å². The van der Waals surface area contributed by atoms with E-state index in [0.29, 0.717) is 53.2 Å². The third-order valence-electron chi connectivity index (χ3n) is 9.79. The molecular formula is C37H33Cl2N7O3S. The third-order valence-corrected chi connectivity index (χ3v) is 11.6. The van der Waals surface area contributed by atoms with E-state index in [-0.39, 0.29) is 18.0 Å². The summed E-state index contributed by atoms with van der Waals surface area (Å²) >= 11 is 13.1. The van der Waals surface area contributed by atoms with E-state index < -0.39 is 10.0 Å². The molecule has 1 unspecified atom stereocenters. The summed E-state index contributed by atoms with van der Waals surface area (Å²) in [6, 6.07) is 24.7. The molecule has 50 heavy (non-hydrogen) atoms. The molecule has 1 atom stereocenters. The number of aromatic amines is 1. The topological polar surface area (TPSA) is 116 Å². The van der Waals surface area contributed by atoms with Gasteiger partial charge in [0.15, 0.2) is 5.82 Å². The van der Waals surface area contributed by atoms with Crippen LogP contribution >= 0.6 is 23.2 Å². The largest absolute Gasteiger partial charge is 0.355 e. The zero-order chi connectivity index (χ0) is 34.7. The van der Waals surface area contributed by atoms with Crippen molar-refractivity contribution in [1.82, 2.24) is 23.8 Å². The second-order valence-corrected chi connectivity index (χ2v) is 15.7. The first-order valence-corrected chi connectivity index (χ1v) is 18.9. The van der Waals surface area contributed by atoms with Crippen LogP contribution in [0.15, 0.2) is 91.4 Å². The summed E-state index contributed by atoms with van der Waals surface area (Å²) in [5, 5.41) is 5.22. The number of aromatic nitrogens is 4. The number of rotatable bonds is 7. The van der Waals surface area contributed by atoms with Crippen molar-refractivity contribution < 1.29 is 13.2 Å². The molecule has 5 heterocycles. The normalized spacial score (nSPS) is 16.2. The van der Waals surface area contributed by atoms with Crippen LogP contribution in [-0.4, -0.2) is 70.6 Å². The van der Waals surface area contributed by atoms with Crippen molar-refractivity contribution in [2.45, 2.75) is 24.9 Å². The van der Waals surface area contributed by atoms with Gasteiger partial charge in [0.2, 0.25) is 10.0 Å². The van der Waals surface area contributed by atoms with Gasteiger partial charge < -0.3 is 19.8 Å². The van der Waals surface area contributed by atoms with Crippen molar-refractivity contribution in [2.75, 3.05) is 36.6 Å². The fourth-order valence-electron chi connectivity index (χ4n) is 7.34. The first-order valence-electron chi connectivity index (χ1n) is 16.3. The minimum absolute atomic E-state index is 0.0937. The van der Waals surface area contributed by atoms with Gasteiger partial charge in [-0.2, -0.15) is 0 Å². The smallest absolute Gasteiger partial charge is 0.272 e. The number of nitrogens with one attached hydrogen (secondary N) is 2. The molecule has 3 aromatic heterocycles. The molecule has 0 aliphatic carbocycles. The summed E-state index contributed by atoms with van der Waals surface area (Å²) in [4.78, 5) is 29.6. The average Bonchev–Trinajstić information content (AvgIpc) is 3.72. The zero-order valence-corrected chi connectivity index (χ0v) is 29.6. The number of H-pyrrole nitrogens is 1. The molecule has 0 spiro atoms. The molecule has 0 bridgehead atoms. The van der Waals surface area contributed by atoms with Gasteiger partial charge >= 0.3 is 0 Å². The maximum Gasteiger partial charge on any atom is 0.272 e. The number of benzene rings is 3. The lowest BCUT2D eigenvalue weighted by atomic mass is 9.88. The molecule has 10 nitrogen and oxygen atoms in total. The Kier molecular flexibility index (Phi) is 8.18. The lowest BCUT2D eigenvalue weighted by Crippen LogP contribution is -2.45. The quantitative estimate of drug-likeness (QED) is 0.176.